The Morgan fingerprint density at radius 2 is 1.68 bits per heavy atom. The number of fused-ring (bicyclic) bond motifs is 1. The average Bonchev–Trinajstić information content (AvgIpc) is 3.32. The van der Waals surface area contributed by atoms with Crippen molar-refractivity contribution in [2.75, 3.05) is 49.1 Å². The van der Waals surface area contributed by atoms with Crippen molar-refractivity contribution in [3.8, 4) is 0 Å². The van der Waals surface area contributed by atoms with Crippen molar-refractivity contribution in [1.29, 1.82) is 0 Å². The number of anilines is 2. The molecule has 2 N–H and O–H groups in total. The van der Waals surface area contributed by atoms with Crippen LogP contribution >= 0.6 is 0 Å². The van der Waals surface area contributed by atoms with Gasteiger partial charge in [-0.1, -0.05) is 6.08 Å². The SMILES string of the molecule is O=C(O)N1CC=C(c2cc(C(F)(F)F)cc3[nH]c(N4CCN(c5ncccc5C(F)(F)F)CC4)nc23)CC1. The van der Waals surface area contributed by atoms with Crippen LogP contribution in [0.3, 0.4) is 0 Å². The van der Waals surface area contributed by atoms with Gasteiger partial charge in [-0.25, -0.2) is 14.8 Å². The zero-order valence-corrected chi connectivity index (χ0v) is 19.8. The summed E-state index contributed by atoms with van der Waals surface area (Å²) in [6, 6.07) is 4.20. The molecule has 1 amide bonds. The number of nitrogens with zero attached hydrogens (tertiary/aromatic N) is 5. The van der Waals surface area contributed by atoms with Crippen LogP contribution in [-0.2, 0) is 12.4 Å². The van der Waals surface area contributed by atoms with Crippen molar-refractivity contribution >= 4 is 34.5 Å². The van der Waals surface area contributed by atoms with Gasteiger partial charge in [-0.05, 0) is 36.3 Å². The number of halogens is 6. The monoisotopic (exact) mass is 540 g/mol. The molecule has 4 heterocycles. The molecule has 1 saturated heterocycles. The molecule has 14 heteroatoms. The minimum Gasteiger partial charge on any atom is -0.465 e. The lowest BCUT2D eigenvalue weighted by Gasteiger charge is -2.36. The van der Waals surface area contributed by atoms with Gasteiger partial charge in [-0.15, -0.1) is 0 Å². The standard InChI is InChI=1S/C24H22F6N6O2/c25-23(26,27)15-12-16(14-3-6-36(7-4-14)22(37)38)19-18(13-15)32-21(33-19)35-10-8-34(9-11-35)20-17(24(28,29)30)2-1-5-31-20/h1-3,5,12-13H,4,6-11H2,(H,32,33)(H,37,38). The molecule has 3 aromatic rings. The van der Waals surface area contributed by atoms with Gasteiger partial charge < -0.3 is 24.8 Å². The topological polar surface area (TPSA) is 88.6 Å². The molecule has 1 fully saturated rings. The Labute approximate surface area is 212 Å². The Kier molecular flexibility index (Phi) is 6.35. The Balaban J connectivity index is 1.43. The van der Waals surface area contributed by atoms with Crippen LogP contribution in [-0.4, -0.2) is 70.3 Å². The fourth-order valence-electron chi connectivity index (χ4n) is 4.75. The van der Waals surface area contributed by atoms with E-state index in [1.165, 1.54) is 17.2 Å². The van der Waals surface area contributed by atoms with E-state index in [1.807, 2.05) is 0 Å². The number of hydrogen-bond acceptors (Lipinski definition) is 5. The maximum Gasteiger partial charge on any atom is 0.419 e. The molecule has 5 rings (SSSR count). The molecule has 2 aromatic heterocycles. The van der Waals surface area contributed by atoms with Gasteiger partial charge in [0.25, 0.3) is 0 Å². The smallest absolute Gasteiger partial charge is 0.419 e. The zero-order chi connectivity index (χ0) is 27.2. The molecule has 2 aliphatic rings. The minimum atomic E-state index is -4.61. The molecule has 0 spiro atoms. The van der Waals surface area contributed by atoms with Crippen molar-refractivity contribution in [2.45, 2.75) is 18.8 Å². The number of carbonyl (C=O) groups is 1. The first kappa shape index (κ1) is 25.7. The highest BCUT2D eigenvalue weighted by atomic mass is 19.4. The number of rotatable bonds is 3. The van der Waals surface area contributed by atoms with Gasteiger partial charge in [0.2, 0.25) is 5.95 Å². The van der Waals surface area contributed by atoms with E-state index in [0.717, 1.165) is 23.1 Å². The lowest BCUT2D eigenvalue weighted by Crippen LogP contribution is -2.47. The van der Waals surface area contributed by atoms with E-state index in [2.05, 4.69) is 15.0 Å². The van der Waals surface area contributed by atoms with E-state index in [4.69, 9.17) is 0 Å². The van der Waals surface area contributed by atoms with Gasteiger partial charge in [-0.2, -0.15) is 26.3 Å². The molecule has 0 bridgehead atoms. The summed E-state index contributed by atoms with van der Waals surface area (Å²) in [5.41, 5.74) is -0.381. The van der Waals surface area contributed by atoms with Crippen LogP contribution in [0.15, 0.2) is 36.5 Å². The maximum atomic E-state index is 13.7. The third kappa shape index (κ3) is 4.94. The third-order valence-corrected chi connectivity index (χ3v) is 6.70. The average molecular weight is 540 g/mol. The lowest BCUT2D eigenvalue weighted by atomic mass is 9.96. The third-order valence-electron chi connectivity index (χ3n) is 6.70. The highest BCUT2D eigenvalue weighted by Gasteiger charge is 2.37. The summed E-state index contributed by atoms with van der Waals surface area (Å²) < 4.78 is 81.3. The number of aromatic amines is 1. The van der Waals surface area contributed by atoms with Crippen molar-refractivity contribution in [3.05, 3.63) is 53.2 Å². The molecule has 0 unspecified atom stereocenters. The normalized spacial score (nSPS) is 17.2. The number of benzene rings is 1. The maximum absolute atomic E-state index is 13.7. The summed E-state index contributed by atoms with van der Waals surface area (Å²) >= 11 is 0. The first-order valence-electron chi connectivity index (χ1n) is 11.7. The number of amides is 1. The summed E-state index contributed by atoms with van der Waals surface area (Å²) in [7, 11) is 0. The Bertz CT molecular complexity index is 1390. The largest absolute Gasteiger partial charge is 0.465 e. The predicted octanol–water partition coefficient (Wildman–Crippen LogP) is 5.09. The number of aromatic nitrogens is 3. The number of H-pyrrole nitrogens is 1. The predicted molar refractivity (Wildman–Crippen MR) is 127 cm³/mol. The first-order valence-corrected chi connectivity index (χ1v) is 11.7. The van der Waals surface area contributed by atoms with Crippen molar-refractivity contribution < 1.29 is 36.2 Å². The molecule has 0 saturated carbocycles. The Morgan fingerprint density at radius 1 is 0.974 bits per heavy atom. The quantitative estimate of drug-likeness (QED) is 0.450. The second kappa shape index (κ2) is 9.40. The number of alkyl halides is 6. The molecule has 202 valence electrons. The van der Waals surface area contributed by atoms with Gasteiger partial charge in [0.15, 0.2) is 0 Å². The van der Waals surface area contributed by atoms with Crippen LogP contribution in [0.4, 0.5) is 42.9 Å². The van der Waals surface area contributed by atoms with E-state index in [1.54, 1.807) is 11.0 Å². The Morgan fingerprint density at radius 3 is 2.29 bits per heavy atom. The van der Waals surface area contributed by atoms with Crippen LogP contribution in [0, 0.1) is 0 Å². The molecule has 0 radical (unpaired) electrons. The molecule has 0 aliphatic carbocycles. The molecule has 2 aliphatic heterocycles. The van der Waals surface area contributed by atoms with Crippen molar-refractivity contribution in [3.63, 3.8) is 0 Å². The van der Waals surface area contributed by atoms with Crippen molar-refractivity contribution in [2.24, 2.45) is 0 Å². The highest BCUT2D eigenvalue weighted by molar-refractivity contribution is 5.92. The fourth-order valence-corrected chi connectivity index (χ4v) is 4.75. The van der Waals surface area contributed by atoms with Gasteiger partial charge in [0.05, 0.1) is 22.2 Å². The van der Waals surface area contributed by atoms with Crippen molar-refractivity contribution in [1.82, 2.24) is 19.9 Å². The number of carboxylic acid groups (broad SMARTS) is 1. The second-order valence-corrected chi connectivity index (χ2v) is 9.03. The molecule has 1 aromatic carbocycles. The number of nitrogens with one attached hydrogen (secondary N) is 1. The van der Waals surface area contributed by atoms with Crippen LogP contribution in [0.1, 0.15) is 23.1 Å². The van der Waals surface area contributed by atoms with E-state index in [9.17, 15) is 36.2 Å². The second-order valence-electron chi connectivity index (χ2n) is 9.03. The van der Waals surface area contributed by atoms with Crippen LogP contribution in [0.25, 0.3) is 16.6 Å². The summed E-state index contributed by atoms with van der Waals surface area (Å²) in [5.74, 6) is 0.141. The van der Waals surface area contributed by atoms with Gasteiger partial charge in [0.1, 0.15) is 5.82 Å². The number of pyridine rings is 1. The first-order chi connectivity index (χ1) is 17.9. The van der Waals surface area contributed by atoms with Gasteiger partial charge in [-0.3, -0.25) is 0 Å². The molecular formula is C24H22F6N6O2. The zero-order valence-electron chi connectivity index (χ0n) is 19.8. The van der Waals surface area contributed by atoms with E-state index in [0.29, 0.717) is 17.0 Å². The van der Waals surface area contributed by atoms with Crippen LogP contribution in [0.2, 0.25) is 0 Å². The lowest BCUT2D eigenvalue weighted by molar-refractivity contribution is -0.138. The molecule has 0 atom stereocenters. The summed E-state index contributed by atoms with van der Waals surface area (Å²) in [6.45, 7) is 1.14. The summed E-state index contributed by atoms with van der Waals surface area (Å²) in [5, 5.41) is 9.17. The van der Waals surface area contributed by atoms with E-state index < -0.39 is 29.6 Å². The fraction of sp³-hybridized carbons (Fsp3) is 0.375. The molecular weight excluding hydrogens is 518 g/mol. The molecule has 38 heavy (non-hydrogen) atoms. The number of imidazole rings is 1. The minimum absolute atomic E-state index is 0.0507. The summed E-state index contributed by atoms with van der Waals surface area (Å²) in [6.07, 6.45) is -7.16. The van der Waals surface area contributed by atoms with E-state index in [-0.39, 0.29) is 62.6 Å². The highest BCUT2D eigenvalue weighted by Crippen LogP contribution is 2.38. The van der Waals surface area contributed by atoms with Gasteiger partial charge in [0, 0.05) is 51.0 Å². The Hall–Kier alpha value is -3.97. The number of hydrogen-bond donors (Lipinski definition) is 2. The molecule has 8 nitrogen and oxygen atoms in total. The van der Waals surface area contributed by atoms with E-state index >= 15 is 0 Å². The number of piperazine rings is 1. The van der Waals surface area contributed by atoms with Crippen LogP contribution < -0.4 is 9.80 Å². The van der Waals surface area contributed by atoms with Crippen LogP contribution in [0.5, 0.6) is 0 Å². The summed E-state index contributed by atoms with van der Waals surface area (Å²) in [4.78, 5) is 27.1. The van der Waals surface area contributed by atoms with Gasteiger partial charge >= 0.3 is 18.4 Å².